The van der Waals surface area contributed by atoms with Gasteiger partial charge in [0.25, 0.3) is 5.91 Å². The molecule has 1 atom stereocenters. The minimum Gasteiger partial charge on any atom is -0.468 e. The molecular weight excluding hydrogens is 470 g/mol. The van der Waals surface area contributed by atoms with Crippen molar-refractivity contribution >= 4 is 39.5 Å². The van der Waals surface area contributed by atoms with Crippen LogP contribution >= 0.6 is 0 Å². The number of pyridine rings is 1. The smallest absolute Gasteiger partial charge is 0.325 e. The molecule has 4 aromatic rings. The molecule has 1 fully saturated rings. The lowest BCUT2D eigenvalue weighted by molar-refractivity contribution is -0.141. The number of hydrogen-bond acceptors (Lipinski definition) is 8. The summed E-state index contributed by atoms with van der Waals surface area (Å²) >= 11 is 0. The predicted molar refractivity (Wildman–Crippen MR) is 141 cm³/mol. The van der Waals surface area contributed by atoms with Crippen LogP contribution in [0.15, 0.2) is 48.5 Å². The molecule has 0 aliphatic carbocycles. The highest BCUT2D eigenvalue weighted by molar-refractivity contribution is 6.06. The molecule has 1 unspecified atom stereocenters. The lowest BCUT2D eigenvalue weighted by Crippen LogP contribution is -2.44. The maximum atomic E-state index is 13.9. The number of nitrogens with two attached hydrogens (primary N) is 1. The van der Waals surface area contributed by atoms with Crippen molar-refractivity contribution in [2.24, 2.45) is 5.73 Å². The van der Waals surface area contributed by atoms with Crippen LogP contribution in [0.1, 0.15) is 36.1 Å². The van der Waals surface area contributed by atoms with Crippen LogP contribution in [-0.2, 0) is 22.6 Å². The average Bonchev–Trinajstić information content (AvgIpc) is 3.36. The first-order valence-corrected chi connectivity index (χ1v) is 12.6. The van der Waals surface area contributed by atoms with Gasteiger partial charge in [-0.3, -0.25) is 19.1 Å². The third-order valence-electron chi connectivity index (χ3n) is 6.84. The summed E-state index contributed by atoms with van der Waals surface area (Å²) in [6.45, 7) is 3.78. The summed E-state index contributed by atoms with van der Waals surface area (Å²) in [7, 11) is 1.31. The first kappa shape index (κ1) is 24.6. The van der Waals surface area contributed by atoms with Gasteiger partial charge in [0.2, 0.25) is 11.8 Å². The Morgan fingerprint density at radius 2 is 1.81 bits per heavy atom. The molecule has 2 aromatic carbocycles. The van der Waals surface area contributed by atoms with Gasteiger partial charge in [0.1, 0.15) is 6.54 Å². The molecule has 2 aromatic heterocycles. The van der Waals surface area contributed by atoms with Crippen LogP contribution in [0.25, 0.3) is 21.7 Å². The van der Waals surface area contributed by atoms with E-state index in [0.717, 1.165) is 41.1 Å². The molecule has 0 radical (unpaired) electrons. The van der Waals surface area contributed by atoms with Crippen molar-refractivity contribution in [2.75, 3.05) is 31.6 Å². The number of nitrogens with zero attached hydrogens (tertiary/aromatic N) is 6. The van der Waals surface area contributed by atoms with E-state index >= 15 is 0 Å². The van der Waals surface area contributed by atoms with E-state index in [9.17, 15) is 9.59 Å². The Kier molecular flexibility index (Phi) is 7.00. The van der Waals surface area contributed by atoms with E-state index in [1.54, 1.807) is 4.57 Å². The fourth-order valence-electron chi connectivity index (χ4n) is 5.01. The number of aromatic nitrogens is 4. The Morgan fingerprint density at radius 3 is 2.54 bits per heavy atom. The van der Waals surface area contributed by atoms with Crippen LogP contribution in [0.2, 0.25) is 0 Å². The molecule has 0 spiro atoms. The highest BCUT2D eigenvalue weighted by Crippen LogP contribution is 2.27. The normalized spacial score (nSPS) is 15.8. The second-order valence-electron chi connectivity index (χ2n) is 9.27. The van der Waals surface area contributed by atoms with E-state index in [2.05, 4.69) is 15.1 Å². The third kappa shape index (κ3) is 4.84. The van der Waals surface area contributed by atoms with Crippen molar-refractivity contribution in [3.63, 3.8) is 0 Å². The van der Waals surface area contributed by atoms with Crippen molar-refractivity contribution in [1.29, 1.82) is 0 Å². The number of esters is 1. The van der Waals surface area contributed by atoms with E-state index in [0.29, 0.717) is 24.7 Å². The number of para-hydroxylation sites is 1. The average molecular weight is 502 g/mol. The van der Waals surface area contributed by atoms with Crippen LogP contribution < -0.4 is 10.6 Å². The van der Waals surface area contributed by atoms with E-state index in [1.165, 1.54) is 12.0 Å². The highest BCUT2D eigenvalue weighted by Gasteiger charge is 2.29. The molecule has 1 aliphatic heterocycles. The molecular formula is C27H31N7O3. The number of carbonyl (C=O) groups is 2. The van der Waals surface area contributed by atoms with Crippen LogP contribution in [0.3, 0.4) is 0 Å². The number of carbonyl (C=O) groups excluding carboxylic acids is 2. The molecule has 1 amide bonds. The summed E-state index contributed by atoms with van der Waals surface area (Å²) in [5, 5.41) is 11.6. The van der Waals surface area contributed by atoms with Gasteiger partial charge in [-0.05, 0) is 31.2 Å². The van der Waals surface area contributed by atoms with Gasteiger partial charge in [-0.2, -0.15) is 0 Å². The first-order chi connectivity index (χ1) is 18.0. The molecule has 0 bridgehead atoms. The number of hydrogen-bond donors (Lipinski definition) is 1. The number of amides is 1. The fraction of sp³-hybridized carbons (Fsp3) is 0.370. The summed E-state index contributed by atoms with van der Waals surface area (Å²) in [6, 6.07) is 15.9. The van der Waals surface area contributed by atoms with E-state index in [-0.39, 0.29) is 25.0 Å². The molecule has 10 heteroatoms. The fourth-order valence-corrected chi connectivity index (χ4v) is 5.01. The summed E-state index contributed by atoms with van der Waals surface area (Å²) in [4.78, 5) is 34.6. The minimum atomic E-state index is -0.525. The van der Waals surface area contributed by atoms with Gasteiger partial charge >= 0.3 is 5.97 Å². The molecule has 2 N–H and O–H groups in total. The summed E-state index contributed by atoms with van der Waals surface area (Å²) < 4.78 is 6.70. The minimum absolute atomic E-state index is 0.0537. The number of piperidine rings is 1. The molecule has 37 heavy (non-hydrogen) atoms. The molecule has 192 valence electrons. The lowest BCUT2D eigenvalue weighted by atomic mass is 10.0. The number of benzene rings is 2. The van der Waals surface area contributed by atoms with E-state index < -0.39 is 11.9 Å². The largest absolute Gasteiger partial charge is 0.468 e. The Hall–Kier alpha value is -4.05. The zero-order valence-electron chi connectivity index (χ0n) is 21.1. The number of rotatable bonds is 7. The van der Waals surface area contributed by atoms with Gasteiger partial charge in [0.15, 0.2) is 0 Å². The quantitative estimate of drug-likeness (QED) is 0.303. The second kappa shape index (κ2) is 10.5. The van der Waals surface area contributed by atoms with E-state index in [1.807, 2.05) is 55.5 Å². The molecule has 3 heterocycles. The Morgan fingerprint density at radius 1 is 1.08 bits per heavy atom. The van der Waals surface area contributed by atoms with Crippen molar-refractivity contribution in [1.82, 2.24) is 24.6 Å². The molecule has 5 rings (SSSR count). The highest BCUT2D eigenvalue weighted by atomic mass is 16.5. The van der Waals surface area contributed by atoms with Crippen molar-refractivity contribution in [2.45, 2.75) is 38.9 Å². The standard InChI is InChI=1S/C27H31N7O3/c1-3-34-25(30-31-27(34)32-14-8-9-18(28)15-32)26(36)33(17-24(35)37-2)16-23-21-12-5-4-10-19(21)20-11-6-7-13-22(20)29-23/h4-7,10-13,18H,3,8-9,14-17,28H2,1-2H3. The summed E-state index contributed by atoms with van der Waals surface area (Å²) in [5.41, 5.74) is 7.69. The topological polar surface area (TPSA) is 119 Å². The van der Waals surface area contributed by atoms with Gasteiger partial charge in [-0.25, -0.2) is 0 Å². The number of methoxy groups -OCH3 is 1. The lowest BCUT2D eigenvalue weighted by Gasteiger charge is -2.31. The zero-order valence-corrected chi connectivity index (χ0v) is 21.1. The number of anilines is 1. The van der Waals surface area contributed by atoms with E-state index in [4.69, 9.17) is 15.5 Å². The van der Waals surface area contributed by atoms with Gasteiger partial charge in [0.05, 0.1) is 24.9 Å². The molecule has 0 saturated carbocycles. The van der Waals surface area contributed by atoms with Gasteiger partial charge in [-0.15, -0.1) is 10.2 Å². The van der Waals surface area contributed by atoms with Crippen molar-refractivity contribution in [3.05, 3.63) is 60.0 Å². The SMILES string of the molecule is CCn1c(C(=O)N(CC(=O)OC)Cc2nc3ccccc3c3ccccc23)nnc1N1CCCC(N)C1. The maximum absolute atomic E-state index is 13.9. The van der Waals surface area contributed by atoms with Crippen LogP contribution in [-0.4, -0.2) is 69.3 Å². The molecule has 1 aliphatic rings. The molecule has 1 saturated heterocycles. The summed E-state index contributed by atoms with van der Waals surface area (Å²) in [6.07, 6.45) is 1.92. The number of ether oxygens (including phenoxy) is 1. The Labute approximate surface area is 215 Å². The predicted octanol–water partition coefficient (Wildman–Crippen LogP) is 2.74. The first-order valence-electron chi connectivity index (χ1n) is 12.6. The van der Waals surface area contributed by atoms with Gasteiger partial charge < -0.3 is 20.3 Å². The number of fused-ring (bicyclic) bond motifs is 3. The molecule has 10 nitrogen and oxygen atoms in total. The van der Waals surface area contributed by atoms with Crippen LogP contribution in [0, 0.1) is 0 Å². The van der Waals surface area contributed by atoms with Gasteiger partial charge in [0, 0.05) is 36.4 Å². The van der Waals surface area contributed by atoms with Crippen LogP contribution in [0.4, 0.5) is 5.95 Å². The Bertz CT molecular complexity index is 1450. The van der Waals surface area contributed by atoms with Crippen LogP contribution in [0.5, 0.6) is 0 Å². The third-order valence-corrected chi connectivity index (χ3v) is 6.84. The summed E-state index contributed by atoms with van der Waals surface area (Å²) in [5.74, 6) is -0.145. The maximum Gasteiger partial charge on any atom is 0.325 e. The van der Waals surface area contributed by atoms with Gasteiger partial charge in [-0.1, -0.05) is 42.5 Å². The Balaban J connectivity index is 1.53. The van der Waals surface area contributed by atoms with Crippen molar-refractivity contribution < 1.29 is 14.3 Å². The zero-order chi connectivity index (χ0) is 25.9. The monoisotopic (exact) mass is 501 g/mol. The second-order valence-corrected chi connectivity index (χ2v) is 9.27. The van der Waals surface area contributed by atoms with Crippen molar-refractivity contribution in [3.8, 4) is 0 Å².